The molecule has 0 bridgehead atoms. The molecule has 1 aliphatic heterocycles. The van der Waals surface area contributed by atoms with E-state index in [-0.39, 0.29) is 5.69 Å². The van der Waals surface area contributed by atoms with Gasteiger partial charge in [0.2, 0.25) is 0 Å². The van der Waals surface area contributed by atoms with Crippen molar-refractivity contribution in [2.75, 3.05) is 25.0 Å². The highest BCUT2D eigenvalue weighted by atomic mass is 16.6. The maximum Gasteiger partial charge on any atom is 0.287 e. The van der Waals surface area contributed by atoms with Gasteiger partial charge in [0.1, 0.15) is 12.0 Å². The van der Waals surface area contributed by atoms with Crippen LogP contribution < -0.4 is 5.32 Å². The number of hydrogen-bond acceptors (Lipinski definition) is 5. The third kappa shape index (κ3) is 3.01. The van der Waals surface area contributed by atoms with Gasteiger partial charge in [-0.25, -0.2) is 4.98 Å². The lowest BCUT2D eigenvalue weighted by Gasteiger charge is -2.15. The lowest BCUT2D eigenvalue weighted by atomic mass is 10.1. The normalized spacial score (nSPS) is 23.5. The Labute approximate surface area is 112 Å². The van der Waals surface area contributed by atoms with E-state index in [1.165, 1.54) is 44.6 Å². The van der Waals surface area contributed by atoms with Crippen molar-refractivity contribution in [3.05, 3.63) is 28.4 Å². The average molecular weight is 262 g/mol. The summed E-state index contributed by atoms with van der Waals surface area (Å²) in [4.78, 5) is 16.7. The van der Waals surface area contributed by atoms with Gasteiger partial charge in [0, 0.05) is 25.2 Å². The van der Waals surface area contributed by atoms with Crippen molar-refractivity contribution in [3.8, 4) is 0 Å². The topological polar surface area (TPSA) is 71.3 Å². The number of rotatable bonds is 5. The van der Waals surface area contributed by atoms with E-state index in [4.69, 9.17) is 0 Å². The third-order valence-electron chi connectivity index (χ3n) is 3.91. The van der Waals surface area contributed by atoms with Gasteiger partial charge in [0.25, 0.3) is 5.69 Å². The van der Waals surface area contributed by atoms with Crippen LogP contribution in [-0.4, -0.2) is 40.5 Å². The van der Waals surface area contributed by atoms with E-state index in [0.29, 0.717) is 5.92 Å². The summed E-state index contributed by atoms with van der Waals surface area (Å²) in [7, 11) is 0. The van der Waals surface area contributed by atoms with Crippen molar-refractivity contribution in [3.63, 3.8) is 0 Å². The van der Waals surface area contributed by atoms with Gasteiger partial charge in [0.15, 0.2) is 0 Å². The van der Waals surface area contributed by atoms with Crippen LogP contribution in [0.15, 0.2) is 18.3 Å². The third-order valence-corrected chi connectivity index (χ3v) is 3.91. The van der Waals surface area contributed by atoms with Crippen LogP contribution in [0.5, 0.6) is 0 Å². The summed E-state index contributed by atoms with van der Waals surface area (Å²) >= 11 is 0. The zero-order chi connectivity index (χ0) is 13.2. The van der Waals surface area contributed by atoms with Gasteiger partial charge in [-0.3, -0.25) is 10.1 Å². The van der Waals surface area contributed by atoms with Gasteiger partial charge >= 0.3 is 0 Å². The standard InChI is InChI=1S/C13H18N4O2/c18-17(19)12-3-4-13(15-8-12)14-7-10-5-6-16(9-10)11-1-2-11/h3-4,8,10-11H,1-2,5-7,9H2,(H,14,15). The fraction of sp³-hybridized carbons (Fsp3) is 0.615. The highest BCUT2D eigenvalue weighted by Crippen LogP contribution is 2.31. The number of nitro groups is 1. The van der Waals surface area contributed by atoms with Crippen LogP contribution in [0, 0.1) is 16.0 Å². The maximum absolute atomic E-state index is 10.5. The van der Waals surface area contributed by atoms with E-state index in [9.17, 15) is 10.1 Å². The van der Waals surface area contributed by atoms with Crippen molar-refractivity contribution in [1.29, 1.82) is 0 Å². The molecule has 1 unspecified atom stereocenters. The van der Waals surface area contributed by atoms with Gasteiger partial charge in [0.05, 0.1) is 4.92 Å². The summed E-state index contributed by atoms with van der Waals surface area (Å²) in [5.41, 5.74) is 0.0336. The molecule has 1 saturated carbocycles. The van der Waals surface area contributed by atoms with E-state index in [2.05, 4.69) is 15.2 Å². The Morgan fingerprint density at radius 1 is 1.42 bits per heavy atom. The molecule has 102 valence electrons. The van der Waals surface area contributed by atoms with Crippen LogP contribution in [0.25, 0.3) is 0 Å². The summed E-state index contributed by atoms with van der Waals surface area (Å²) in [6.07, 6.45) is 5.26. The first kappa shape index (κ1) is 12.3. The van der Waals surface area contributed by atoms with Gasteiger partial charge in [-0.2, -0.15) is 0 Å². The first-order chi connectivity index (χ1) is 9.22. The summed E-state index contributed by atoms with van der Waals surface area (Å²) in [5.74, 6) is 1.38. The highest BCUT2D eigenvalue weighted by molar-refractivity contribution is 5.40. The number of nitrogens with zero attached hydrogens (tertiary/aromatic N) is 3. The molecule has 0 radical (unpaired) electrons. The molecular formula is C13H18N4O2. The quantitative estimate of drug-likeness (QED) is 0.648. The summed E-state index contributed by atoms with van der Waals surface area (Å²) in [6, 6.07) is 4.01. The summed E-state index contributed by atoms with van der Waals surface area (Å²) in [6.45, 7) is 3.28. The van der Waals surface area contributed by atoms with Crippen LogP contribution >= 0.6 is 0 Å². The first-order valence-corrected chi connectivity index (χ1v) is 6.81. The zero-order valence-electron chi connectivity index (χ0n) is 10.8. The number of pyridine rings is 1. The Morgan fingerprint density at radius 3 is 2.89 bits per heavy atom. The average Bonchev–Trinajstić information content (AvgIpc) is 3.16. The van der Waals surface area contributed by atoms with Gasteiger partial charge in [-0.15, -0.1) is 0 Å². The molecule has 1 saturated heterocycles. The predicted octanol–water partition coefficient (Wildman–Crippen LogP) is 1.89. The molecule has 0 aromatic carbocycles. The molecule has 19 heavy (non-hydrogen) atoms. The fourth-order valence-corrected chi connectivity index (χ4v) is 2.65. The second-order valence-corrected chi connectivity index (χ2v) is 5.42. The number of aromatic nitrogens is 1. The summed E-state index contributed by atoms with van der Waals surface area (Å²) < 4.78 is 0. The van der Waals surface area contributed by atoms with Gasteiger partial charge in [-0.1, -0.05) is 0 Å². The van der Waals surface area contributed by atoms with Gasteiger partial charge in [-0.05, 0) is 37.8 Å². The Hall–Kier alpha value is -1.69. The Kier molecular flexibility index (Phi) is 3.33. The SMILES string of the molecule is O=[N+]([O-])c1ccc(NCC2CCN(C3CC3)C2)nc1. The molecule has 0 amide bonds. The van der Waals surface area contributed by atoms with Crippen molar-refractivity contribution in [2.24, 2.45) is 5.92 Å². The van der Waals surface area contributed by atoms with Crippen molar-refractivity contribution < 1.29 is 4.92 Å². The van der Waals surface area contributed by atoms with Crippen molar-refractivity contribution >= 4 is 11.5 Å². The Bertz CT molecular complexity index is 458. The van der Waals surface area contributed by atoms with Crippen molar-refractivity contribution in [1.82, 2.24) is 9.88 Å². The molecule has 3 rings (SSSR count). The molecule has 1 N–H and O–H groups in total. The lowest BCUT2D eigenvalue weighted by Crippen LogP contribution is -2.24. The number of likely N-dealkylation sites (tertiary alicyclic amines) is 1. The van der Waals surface area contributed by atoms with Gasteiger partial charge < -0.3 is 10.2 Å². The minimum absolute atomic E-state index is 0.0336. The molecule has 6 nitrogen and oxygen atoms in total. The second kappa shape index (κ2) is 5.13. The Morgan fingerprint density at radius 2 is 2.26 bits per heavy atom. The van der Waals surface area contributed by atoms with Crippen LogP contribution in [0.4, 0.5) is 11.5 Å². The number of hydrogen-bond donors (Lipinski definition) is 1. The smallest absolute Gasteiger partial charge is 0.287 e. The molecule has 1 aliphatic carbocycles. The molecule has 2 aliphatic rings. The number of nitrogens with one attached hydrogen (secondary N) is 1. The van der Waals surface area contributed by atoms with Crippen molar-refractivity contribution in [2.45, 2.75) is 25.3 Å². The molecule has 0 spiro atoms. The van der Waals surface area contributed by atoms with Crippen LogP contribution in [-0.2, 0) is 0 Å². The Balaban J connectivity index is 1.48. The minimum Gasteiger partial charge on any atom is -0.370 e. The molecular weight excluding hydrogens is 244 g/mol. The second-order valence-electron chi connectivity index (χ2n) is 5.42. The van der Waals surface area contributed by atoms with Crippen LogP contribution in [0.2, 0.25) is 0 Å². The fourth-order valence-electron chi connectivity index (χ4n) is 2.65. The summed E-state index contributed by atoms with van der Waals surface area (Å²) in [5, 5.41) is 13.8. The highest BCUT2D eigenvalue weighted by Gasteiger charge is 2.34. The first-order valence-electron chi connectivity index (χ1n) is 6.81. The molecule has 1 aromatic heterocycles. The molecule has 1 atom stereocenters. The van der Waals surface area contributed by atoms with Crippen LogP contribution in [0.3, 0.4) is 0 Å². The molecule has 2 heterocycles. The van der Waals surface area contributed by atoms with E-state index in [1.54, 1.807) is 6.07 Å². The van der Waals surface area contributed by atoms with E-state index < -0.39 is 4.92 Å². The molecule has 2 fully saturated rings. The lowest BCUT2D eigenvalue weighted by molar-refractivity contribution is -0.385. The van der Waals surface area contributed by atoms with E-state index in [1.807, 2.05) is 0 Å². The number of anilines is 1. The maximum atomic E-state index is 10.5. The largest absolute Gasteiger partial charge is 0.370 e. The molecule has 1 aromatic rings. The molecule has 6 heteroatoms. The predicted molar refractivity (Wildman–Crippen MR) is 72.1 cm³/mol. The monoisotopic (exact) mass is 262 g/mol. The minimum atomic E-state index is -0.429. The van der Waals surface area contributed by atoms with Crippen LogP contribution in [0.1, 0.15) is 19.3 Å². The van der Waals surface area contributed by atoms with E-state index >= 15 is 0 Å². The zero-order valence-corrected chi connectivity index (χ0v) is 10.8. The van der Waals surface area contributed by atoms with E-state index in [0.717, 1.165) is 18.4 Å².